The molecule has 3 heteroatoms. The number of nitrogens with one attached hydrogen (secondary N) is 2. The number of carbonyl (C=O) groups is 1. The zero-order chi connectivity index (χ0) is 10.5. The van der Waals surface area contributed by atoms with Crippen molar-refractivity contribution in [3.05, 3.63) is 30.3 Å². The summed E-state index contributed by atoms with van der Waals surface area (Å²) in [5.41, 5.74) is 0.841. The van der Waals surface area contributed by atoms with Crippen LogP contribution in [0, 0.1) is 0 Å². The monoisotopic (exact) mass is 204 g/mol. The lowest BCUT2D eigenvalue weighted by atomic mass is 10.2. The fourth-order valence-corrected chi connectivity index (χ4v) is 1.94. The molecule has 0 aliphatic heterocycles. The van der Waals surface area contributed by atoms with Crippen LogP contribution in [0.5, 0.6) is 0 Å². The Morgan fingerprint density at radius 2 is 1.80 bits per heavy atom. The third-order valence-electron chi connectivity index (χ3n) is 2.72. The summed E-state index contributed by atoms with van der Waals surface area (Å²) < 4.78 is 0. The Bertz CT molecular complexity index is 318. The van der Waals surface area contributed by atoms with Crippen LogP contribution in [0.3, 0.4) is 0 Å². The topological polar surface area (TPSA) is 41.1 Å². The predicted molar refractivity (Wildman–Crippen MR) is 60.9 cm³/mol. The van der Waals surface area contributed by atoms with Gasteiger partial charge in [0.05, 0.1) is 0 Å². The molecule has 0 saturated heterocycles. The molecule has 2 rings (SSSR count). The number of carbonyl (C=O) groups excluding carboxylic acids is 1. The number of urea groups is 1. The second-order valence-corrected chi connectivity index (χ2v) is 3.95. The van der Waals surface area contributed by atoms with Crippen molar-refractivity contribution in [1.29, 1.82) is 0 Å². The van der Waals surface area contributed by atoms with Crippen LogP contribution in [-0.4, -0.2) is 12.1 Å². The second-order valence-electron chi connectivity index (χ2n) is 3.95. The van der Waals surface area contributed by atoms with Crippen molar-refractivity contribution in [2.75, 3.05) is 5.32 Å². The summed E-state index contributed by atoms with van der Waals surface area (Å²) in [6.45, 7) is 0. The van der Waals surface area contributed by atoms with Gasteiger partial charge in [-0.3, -0.25) is 0 Å². The molecule has 0 radical (unpaired) electrons. The van der Waals surface area contributed by atoms with E-state index >= 15 is 0 Å². The molecule has 1 saturated carbocycles. The third kappa shape index (κ3) is 2.98. The number of para-hydroxylation sites is 1. The van der Waals surface area contributed by atoms with Crippen molar-refractivity contribution in [1.82, 2.24) is 5.32 Å². The van der Waals surface area contributed by atoms with Crippen LogP contribution in [0.4, 0.5) is 10.5 Å². The van der Waals surface area contributed by atoms with Gasteiger partial charge in [-0.1, -0.05) is 31.0 Å². The van der Waals surface area contributed by atoms with Gasteiger partial charge in [-0.25, -0.2) is 4.79 Å². The van der Waals surface area contributed by atoms with Gasteiger partial charge in [0.1, 0.15) is 0 Å². The highest BCUT2D eigenvalue weighted by atomic mass is 16.2. The van der Waals surface area contributed by atoms with E-state index < -0.39 is 0 Å². The minimum absolute atomic E-state index is 0.0897. The van der Waals surface area contributed by atoms with Gasteiger partial charge >= 0.3 is 6.03 Å². The molecule has 1 aromatic carbocycles. The zero-order valence-electron chi connectivity index (χ0n) is 8.70. The number of hydrogen-bond acceptors (Lipinski definition) is 1. The molecule has 0 bridgehead atoms. The Morgan fingerprint density at radius 1 is 1.13 bits per heavy atom. The SMILES string of the molecule is O=C(Nc1ccccc1)NC1CCCC1. The summed E-state index contributed by atoms with van der Waals surface area (Å²) in [7, 11) is 0. The Morgan fingerprint density at radius 3 is 2.47 bits per heavy atom. The first-order valence-corrected chi connectivity index (χ1v) is 5.47. The molecule has 0 heterocycles. The highest BCUT2D eigenvalue weighted by Crippen LogP contribution is 2.17. The van der Waals surface area contributed by atoms with Gasteiger partial charge in [0.25, 0.3) is 0 Å². The average Bonchev–Trinajstić information content (AvgIpc) is 2.71. The first kappa shape index (κ1) is 10.0. The molecule has 0 spiro atoms. The fraction of sp³-hybridized carbons (Fsp3) is 0.417. The van der Waals surface area contributed by atoms with E-state index in [1.54, 1.807) is 0 Å². The Balaban J connectivity index is 1.82. The van der Waals surface area contributed by atoms with Gasteiger partial charge in [-0.05, 0) is 25.0 Å². The Hall–Kier alpha value is -1.51. The van der Waals surface area contributed by atoms with Crippen LogP contribution in [0.25, 0.3) is 0 Å². The molecule has 2 N–H and O–H groups in total. The zero-order valence-corrected chi connectivity index (χ0v) is 8.70. The van der Waals surface area contributed by atoms with E-state index in [-0.39, 0.29) is 6.03 Å². The summed E-state index contributed by atoms with van der Waals surface area (Å²) in [4.78, 5) is 11.5. The van der Waals surface area contributed by atoms with E-state index in [1.807, 2.05) is 30.3 Å². The van der Waals surface area contributed by atoms with Crippen LogP contribution >= 0.6 is 0 Å². The lowest BCUT2D eigenvalue weighted by molar-refractivity contribution is 0.248. The van der Waals surface area contributed by atoms with Crippen molar-refractivity contribution < 1.29 is 4.79 Å². The first-order chi connectivity index (χ1) is 7.34. The molecule has 15 heavy (non-hydrogen) atoms. The van der Waals surface area contributed by atoms with Crippen molar-refractivity contribution in [2.24, 2.45) is 0 Å². The molecule has 1 aliphatic carbocycles. The smallest absolute Gasteiger partial charge is 0.319 e. The maximum absolute atomic E-state index is 11.5. The molecule has 80 valence electrons. The van der Waals surface area contributed by atoms with Gasteiger partial charge in [0.2, 0.25) is 0 Å². The van der Waals surface area contributed by atoms with Gasteiger partial charge in [-0.2, -0.15) is 0 Å². The first-order valence-electron chi connectivity index (χ1n) is 5.47. The van der Waals surface area contributed by atoms with Crippen LogP contribution in [0.2, 0.25) is 0 Å². The number of anilines is 1. The maximum atomic E-state index is 11.5. The molecule has 0 unspecified atom stereocenters. The quantitative estimate of drug-likeness (QED) is 0.764. The van der Waals surface area contributed by atoms with E-state index in [1.165, 1.54) is 12.8 Å². The molecule has 1 aromatic rings. The van der Waals surface area contributed by atoms with E-state index in [2.05, 4.69) is 10.6 Å². The maximum Gasteiger partial charge on any atom is 0.319 e. The molecular formula is C12H16N2O. The minimum atomic E-state index is -0.0897. The van der Waals surface area contributed by atoms with Gasteiger partial charge in [-0.15, -0.1) is 0 Å². The van der Waals surface area contributed by atoms with Crippen LogP contribution in [0.15, 0.2) is 30.3 Å². The summed E-state index contributed by atoms with van der Waals surface area (Å²) in [5.74, 6) is 0. The summed E-state index contributed by atoms with van der Waals surface area (Å²) in [6.07, 6.45) is 4.69. The van der Waals surface area contributed by atoms with Crippen molar-refractivity contribution in [3.63, 3.8) is 0 Å². The average molecular weight is 204 g/mol. The number of amides is 2. The summed E-state index contributed by atoms with van der Waals surface area (Å²) in [6, 6.07) is 9.79. The predicted octanol–water partition coefficient (Wildman–Crippen LogP) is 2.75. The van der Waals surface area contributed by atoms with Gasteiger partial charge in [0.15, 0.2) is 0 Å². The van der Waals surface area contributed by atoms with E-state index in [9.17, 15) is 4.79 Å². The number of benzene rings is 1. The molecule has 0 atom stereocenters. The molecule has 1 fully saturated rings. The van der Waals surface area contributed by atoms with Crippen LogP contribution < -0.4 is 10.6 Å². The van der Waals surface area contributed by atoms with Crippen LogP contribution in [-0.2, 0) is 0 Å². The fourth-order valence-electron chi connectivity index (χ4n) is 1.94. The minimum Gasteiger partial charge on any atom is -0.335 e. The number of rotatable bonds is 2. The second kappa shape index (κ2) is 4.82. The molecule has 2 amide bonds. The van der Waals surface area contributed by atoms with Crippen LogP contribution in [0.1, 0.15) is 25.7 Å². The van der Waals surface area contributed by atoms with E-state index in [4.69, 9.17) is 0 Å². The van der Waals surface area contributed by atoms with Gasteiger partial charge in [0, 0.05) is 11.7 Å². The van der Waals surface area contributed by atoms with E-state index in [0.29, 0.717) is 6.04 Å². The van der Waals surface area contributed by atoms with Gasteiger partial charge < -0.3 is 10.6 Å². The van der Waals surface area contributed by atoms with Crippen molar-refractivity contribution in [3.8, 4) is 0 Å². The summed E-state index contributed by atoms with van der Waals surface area (Å²) in [5, 5.41) is 5.80. The third-order valence-corrected chi connectivity index (χ3v) is 2.72. The lowest BCUT2D eigenvalue weighted by Crippen LogP contribution is -2.36. The van der Waals surface area contributed by atoms with Crippen molar-refractivity contribution in [2.45, 2.75) is 31.7 Å². The molecule has 0 aromatic heterocycles. The standard InChI is InChI=1S/C12H16N2O/c15-12(14-11-8-4-5-9-11)13-10-6-2-1-3-7-10/h1-3,6-7,11H,4-5,8-9H2,(H2,13,14,15). The lowest BCUT2D eigenvalue weighted by Gasteiger charge is -2.12. The highest BCUT2D eigenvalue weighted by molar-refractivity contribution is 5.89. The Kier molecular flexibility index (Phi) is 3.22. The highest BCUT2D eigenvalue weighted by Gasteiger charge is 2.16. The molecule has 3 nitrogen and oxygen atoms in total. The number of hydrogen-bond donors (Lipinski definition) is 2. The summed E-state index contributed by atoms with van der Waals surface area (Å²) >= 11 is 0. The largest absolute Gasteiger partial charge is 0.335 e. The molecule has 1 aliphatic rings. The normalized spacial score (nSPS) is 16.3. The van der Waals surface area contributed by atoms with Crippen molar-refractivity contribution >= 4 is 11.7 Å². The van der Waals surface area contributed by atoms with E-state index in [0.717, 1.165) is 18.5 Å². The Labute approximate surface area is 89.9 Å². The molecular weight excluding hydrogens is 188 g/mol.